The van der Waals surface area contributed by atoms with Crippen LogP contribution in [0.4, 0.5) is 5.69 Å². The minimum absolute atomic E-state index is 0.157. The SMILES string of the molecule is C[C@H](NC(=O)[C@@]12CCC(=O)N1c1ccccc1C(=O)N2C)c1ccccc1Br. The van der Waals surface area contributed by atoms with E-state index < -0.39 is 5.66 Å². The highest BCUT2D eigenvalue weighted by Gasteiger charge is 2.59. The summed E-state index contributed by atoms with van der Waals surface area (Å²) in [5, 5.41) is 3.01. The summed E-state index contributed by atoms with van der Waals surface area (Å²) < 4.78 is 0.887. The van der Waals surface area contributed by atoms with Gasteiger partial charge < -0.3 is 10.2 Å². The summed E-state index contributed by atoms with van der Waals surface area (Å²) in [5.41, 5.74) is 0.505. The Bertz CT molecular complexity index is 992. The predicted molar refractivity (Wildman–Crippen MR) is 109 cm³/mol. The highest BCUT2D eigenvalue weighted by atomic mass is 79.9. The first-order valence-corrected chi connectivity index (χ1v) is 9.93. The summed E-state index contributed by atoms with van der Waals surface area (Å²) in [6, 6.07) is 14.3. The summed E-state index contributed by atoms with van der Waals surface area (Å²) in [7, 11) is 1.59. The van der Waals surface area contributed by atoms with E-state index in [1.54, 1.807) is 31.3 Å². The average molecular weight is 442 g/mol. The van der Waals surface area contributed by atoms with E-state index >= 15 is 0 Å². The van der Waals surface area contributed by atoms with Crippen molar-refractivity contribution in [2.75, 3.05) is 11.9 Å². The fraction of sp³-hybridized carbons (Fsp3) is 0.286. The fourth-order valence-corrected chi connectivity index (χ4v) is 4.77. The van der Waals surface area contributed by atoms with Gasteiger partial charge in [-0.05, 0) is 30.7 Å². The quantitative estimate of drug-likeness (QED) is 0.794. The minimum atomic E-state index is -1.35. The van der Waals surface area contributed by atoms with E-state index in [4.69, 9.17) is 0 Å². The first kappa shape index (κ1) is 18.7. The summed E-state index contributed by atoms with van der Waals surface area (Å²) >= 11 is 3.51. The number of carbonyl (C=O) groups is 3. The summed E-state index contributed by atoms with van der Waals surface area (Å²) in [4.78, 5) is 42.1. The Morgan fingerprint density at radius 1 is 1.14 bits per heavy atom. The number of likely N-dealkylation sites (N-methyl/N-ethyl adjacent to an activating group) is 1. The highest BCUT2D eigenvalue weighted by molar-refractivity contribution is 9.10. The number of amides is 3. The number of nitrogens with one attached hydrogen (secondary N) is 1. The molecule has 0 radical (unpaired) electrons. The van der Waals surface area contributed by atoms with Crippen LogP contribution in [0.2, 0.25) is 0 Å². The lowest BCUT2D eigenvalue weighted by Crippen LogP contribution is -2.69. The van der Waals surface area contributed by atoms with Crippen LogP contribution in [-0.4, -0.2) is 35.3 Å². The molecule has 2 aromatic carbocycles. The van der Waals surface area contributed by atoms with Crippen LogP contribution in [0.5, 0.6) is 0 Å². The maximum absolute atomic E-state index is 13.5. The second kappa shape index (κ2) is 6.74. The molecule has 1 N–H and O–H groups in total. The molecule has 2 aliphatic heterocycles. The number of fused-ring (bicyclic) bond motifs is 3. The third-order valence-corrected chi connectivity index (χ3v) is 6.35. The molecule has 0 saturated carbocycles. The molecule has 2 aliphatic rings. The zero-order chi connectivity index (χ0) is 20.1. The minimum Gasteiger partial charge on any atom is -0.346 e. The molecule has 4 rings (SSSR count). The van der Waals surface area contributed by atoms with Crippen LogP contribution in [0, 0.1) is 0 Å². The molecule has 7 heteroatoms. The van der Waals surface area contributed by atoms with Crippen LogP contribution in [0.15, 0.2) is 53.0 Å². The first-order chi connectivity index (χ1) is 13.4. The van der Waals surface area contributed by atoms with Gasteiger partial charge in [-0.2, -0.15) is 0 Å². The molecule has 1 saturated heterocycles. The molecule has 6 nitrogen and oxygen atoms in total. The molecule has 0 bridgehead atoms. The van der Waals surface area contributed by atoms with Crippen molar-refractivity contribution in [1.82, 2.24) is 10.2 Å². The van der Waals surface area contributed by atoms with Crippen LogP contribution < -0.4 is 10.2 Å². The number of nitrogens with zero attached hydrogens (tertiary/aromatic N) is 2. The molecule has 0 aromatic heterocycles. The number of rotatable bonds is 3. The Morgan fingerprint density at radius 3 is 2.57 bits per heavy atom. The second-order valence-electron chi connectivity index (χ2n) is 7.14. The van der Waals surface area contributed by atoms with E-state index in [0.29, 0.717) is 11.3 Å². The van der Waals surface area contributed by atoms with E-state index in [-0.39, 0.29) is 36.6 Å². The maximum Gasteiger partial charge on any atom is 0.267 e. The Hall–Kier alpha value is -2.67. The number of hydrogen-bond donors (Lipinski definition) is 1. The van der Waals surface area contributed by atoms with Gasteiger partial charge in [-0.25, -0.2) is 0 Å². The number of para-hydroxylation sites is 1. The zero-order valence-electron chi connectivity index (χ0n) is 15.6. The Balaban J connectivity index is 1.75. The number of hydrogen-bond acceptors (Lipinski definition) is 3. The van der Waals surface area contributed by atoms with Crippen molar-refractivity contribution in [3.63, 3.8) is 0 Å². The number of carbonyl (C=O) groups excluding carboxylic acids is 3. The lowest BCUT2D eigenvalue weighted by atomic mass is 9.95. The molecule has 2 atom stereocenters. The van der Waals surface area contributed by atoms with Gasteiger partial charge in [0.1, 0.15) is 0 Å². The standard InChI is InChI=1S/C21H20BrN3O3/c1-13(14-7-3-5-9-16(14)22)23-20(28)21-12-11-18(26)25(21)17-10-6-4-8-15(17)19(27)24(21)2/h3-10,13H,11-12H2,1-2H3,(H,23,28)/t13-,21+/m0/s1. The van der Waals surface area contributed by atoms with Gasteiger partial charge in [0.2, 0.25) is 11.6 Å². The van der Waals surface area contributed by atoms with Gasteiger partial charge >= 0.3 is 0 Å². The van der Waals surface area contributed by atoms with Crippen molar-refractivity contribution in [1.29, 1.82) is 0 Å². The number of halogens is 1. The van der Waals surface area contributed by atoms with Gasteiger partial charge in [0.15, 0.2) is 0 Å². The van der Waals surface area contributed by atoms with E-state index in [9.17, 15) is 14.4 Å². The molecular formula is C21H20BrN3O3. The zero-order valence-corrected chi connectivity index (χ0v) is 17.2. The molecule has 3 amide bonds. The van der Waals surface area contributed by atoms with Gasteiger partial charge in [-0.3, -0.25) is 19.3 Å². The van der Waals surface area contributed by atoms with E-state index in [0.717, 1.165) is 10.0 Å². The largest absolute Gasteiger partial charge is 0.346 e. The molecule has 144 valence electrons. The van der Waals surface area contributed by atoms with Crippen LogP contribution in [-0.2, 0) is 9.59 Å². The predicted octanol–water partition coefficient (Wildman–Crippen LogP) is 3.24. The van der Waals surface area contributed by atoms with Gasteiger partial charge in [0, 0.05) is 24.4 Å². The molecule has 2 heterocycles. The van der Waals surface area contributed by atoms with Gasteiger partial charge in [0.25, 0.3) is 11.8 Å². The monoisotopic (exact) mass is 441 g/mol. The van der Waals surface area contributed by atoms with Gasteiger partial charge in [-0.15, -0.1) is 0 Å². The molecule has 0 aliphatic carbocycles. The summed E-state index contributed by atoms with van der Waals surface area (Å²) in [6.45, 7) is 1.88. The van der Waals surface area contributed by atoms with E-state index in [2.05, 4.69) is 21.2 Å². The molecule has 0 spiro atoms. The van der Waals surface area contributed by atoms with Crippen LogP contribution in [0.3, 0.4) is 0 Å². The van der Waals surface area contributed by atoms with Crippen LogP contribution in [0.1, 0.15) is 41.7 Å². The summed E-state index contributed by atoms with van der Waals surface area (Å²) in [6.07, 6.45) is 0.472. The third kappa shape index (κ3) is 2.57. The Morgan fingerprint density at radius 2 is 1.82 bits per heavy atom. The lowest BCUT2D eigenvalue weighted by Gasteiger charge is -2.47. The van der Waals surface area contributed by atoms with Crippen molar-refractivity contribution in [3.05, 3.63) is 64.1 Å². The van der Waals surface area contributed by atoms with Crippen molar-refractivity contribution >= 4 is 39.3 Å². The van der Waals surface area contributed by atoms with E-state index in [1.165, 1.54) is 9.80 Å². The molecule has 2 aromatic rings. The molecular weight excluding hydrogens is 422 g/mol. The van der Waals surface area contributed by atoms with Crippen LogP contribution in [0.25, 0.3) is 0 Å². The van der Waals surface area contributed by atoms with E-state index in [1.807, 2.05) is 31.2 Å². The maximum atomic E-state index is 13.5. The van der Waals surface area contributed by atoms with Crippen molar-refractivity contribution < 1.29 is 14.4 Å². The lowest BCUT2D eigenvalue weighted by molar-refractivity contribution is -0.133. The fourth-order valence-electron chi connectivity index (χ4n) is 4.14. The average Bonchev–Trinajstić information content (AvgIpc) is 3.05. The topological polar surface area (TPSA) is 69.7 Å². The van der Waals surface area contributed by atoms with Gasteiger partial charge in [-0.1, -0.05) is 46.3 Å². The van der Waals surface area contributed by atoms with Crippen molar-refractivity contribution in [2.24, 2.45) is 0 Å². The normalized spacial score (nSPS) is 22.0. The van der Waals surface area contributed by atoms with Crippen molar-refractivity contribution in [2.45, 2.75) is 31.5 Å². The smallest absolute Gasteiger partial charge is 0.267 e. The summed E-state index contributed by atoms with van der Waals surface area (Å²) in [5.74, 6) is -0.771. The Kier molecular flexibility index (Phi) is 4.50. The second-order valence-corrected chi connectivity index (χ2v) is 8.00. The Labute approximate surface area is 171 Å². The van der Waals surface area contributed by atoms with Gasteiger partial charge in [0.05, 0.1) is 17.3 Å². The number of benzene rings is 2. The van der Waals surface area contributed by atoms with Crippen LogP contribution >= 0.6 is 15.9 Å². The molecule has 28 heavy (non-hydrogen) atoms. The van der Waals surface area contributed by atoms with Crippen molar-refractivity contribution in [3.8, 4) is 0 Å². The first-order valence-electron chi connectivity index (χ1n) is 9.13. The molecule has 1 fully saturated rings. The highest BCUT2D eigenvalue weighted by Crippen LogP contribution is 2.44. The third-order valence-electron chi connectivity index (χ3n) is 5.62. The molecule has 0 unspecified atom stereocenters. The number of anilines is 1.